The Bertz CT molecular complexity index is 1040. The molecule has 0 amide bonds. The Morgan fingerprint density at radius 1 is 1.31 bits per heavy atom. The molecule has 0 aliphatic carbocycles. The number of esters is 1. The fraction of sp³-hybridized carbons (Fsp3) is 0.714. The highest BCUT2D eigenvalue weighted by Crippen LogP contribution is 2.45. The molecule has 8 heteroatoms. The summed E-state index contributed by atoms with van der Waals surface area (Å²) in [5, 5.41) is 23.7. The van der Waals surface area contributed by atoms with E-state index in [4.69, 9.17) is 9.47 Å². The number of thiazole rings is 1. The Morgan fingerprint density at radius 3 is 2.61 bits per heavy atom. The molecule has 1 aromatic heterocycles. The van der Waals surface area contributed by atoms with E-state index >= 15 is 0 Å². The zero-order valence-electron chi connectivity index (χ0n) is 22.5. The average molecular weight is 517 g/mol. The van der Waals surface area contributed by atoms with E-state index in [1.165, 1.54) is 0 Å². The van der Waals surface area contributed by atoms with Gasteiger partial charge in [-0.05, 0) is 51.2 Å². The van der Waals surface area contributed by atoms with Crippen LogP contribution in [0.15, 0.2) is 11.0 Å². The maximum atomic E-state index is 13.4. The molecule has 1 aromatic rings. The second kappa shape index (κ2) is 11.1. The monoisotopic (exact) mass is 516 g/mol. The van der Waals surface area contributed by atoms with Crippen molar-refractivity contribution in [2.24, 2.45) is 23.2 Å². The Balaban J connectivity index is 1.89. The van der Waals surface area contributed by atoms with Crippen LogP contribution < -0.4 is 0 Å². The number of hydrogen-bond acceptors (Lipinski definition) is 8. The quantitative estimate of drug-likeness (QED) is 0.421. The molecule has 0 spiro atoms. The van der Waals surface area contributed by atoms with E-state index in [1.807, 2.05) is 32.2 Å². The van der Waals surface area contributed by atoms with Crippen LogP contribution in [-0.4, -0.2) is 45.8 Å². The number of aliphatic hydroxyl groups excluding tert-OH is 1. The highest BCUT2D eigenvalue weighted by Gasteiger charge is 2.53. The highest BCUT2D eigenvalue weighted by molar-refractivity contribution is 7.09. The molecule has 3 rings (SSSR count). The molecule has 7 nitrogen and oxygen atoms in total. The second-order valence-electron chi connectivity index (χ2n) is 11.4. The van der Waals surface area contributed by atoms with Crippen LogP contribution >= 0.6 is 11.3 Å². The SMILES string of the molecule is C/C(=C\c1csc(C)n1)[C@@H]1C[C@@H]2O[C@]2(C)CCC[C@H](C)[C@H](O)[C@@H](C)C(=O)C(C)(C)[C@@H](C#N)CC(=O)O1. The molecule has 0 unspecified atom stereocenters. The van der Waals surface area contributed by atoms with Gasteiger partial charge in [0.05, 0.1) is 46.9 Å². The first-order valence-electron chi connectivity index (χ1n) is 12.9. The average Bonchev–Trinajstić information content (AvgIpc) is 3.26. The molecule has 0 aromatic carbocycles. The van der Waals surface area contributed by atoms with Crippen LogP contribution in [0.3, 0.4) is 0 Å². The number of carbonyl (C=O) groups is 2. The Hall–Kier alpha value is -2.08. The standard InChI is InChI=1S/C28H40N2O5S/c1-16-9-8-10-28(7)23(35-28)13-22(17(2)11-21-15-36-19(4)30-21)34-24(31)12-20(14-29)27(5,6)26(33)18(3)25(16)32/h11,15-16,18,20,22-23,25,32H,8-10,12-13H2,1-7H3/b17-11+/t16-,18+,20+,22-,23-,25-,28+/m0/s1. The van der Waals surface area contributed by atoms with Crippen molar-refractivity contribution in [1.29, 1.82) is 5.26 Å². The summed E-state index contributed by atoms with van der Waals surface area (Å²) in [7, 11) is 0. The van der Waals surface area contributed by atoms with Crippen molar-refractivity contribution in [3.05, 3.63) is 21.7 Å². The number of aromatic nitrogens is 1. The summed E-state index contributed by atoms with van der Waals surface area (Å²) in [6.45, 7) is 13.0. The van der Waals surface area contributed by atoms with Gasteiger partial charge >= 0.3 is 5.97 Å². The van der Waals surface area contributed by atoms with E-state index in [1.54, 1.807) is 32.1 Å². The predicted molar refractivity (Wildman–Crippen MR) is 139 cm³/mol. The number of cyclic esters (lactones) is 1. The fourth-order valence-corrected chi connectivity index (χ4v) is 5.86. The van der Waals surface area contributed by atoms with Crippen molar-refractivity contribution in [2.45, 2.75) is 104 Å². The molecule has 0 radical (unpaired) electrons. The maximum Gasteiger partial charge on any atom is 0.307 e. The van der Waals surface area contributed by atoms with Crippen LogP contribution in [-0.2, 0) is 19.1 Å². The van der Waals surface area contributed by atoms with E-state index in [0.717, 1.165) is 35.5 Å². The van der Waals surface area contributed by atoms with Crippen LogP contribution in [0, 0.1) is 41.4 Å². The molecule has 198 valence electrons. The molecular weight excluding hydrogens is 476 g/mol. The van der Waals surface area contributed by atoms with Gasteiger partial charge in [-0.1, -0.05) is 34.1 Å². The van der Waals surface area contributed by atoms with Gasteiger partial charge in [0.2, 0.25) is 0 Å². The van der Waals surface area contributed by atoms with Gasteiger partial charge in [-0.3, -0.25) is 9.59 Å². The zero-order valence-corrected chi connectivity index (χ0v) is 23.4. The van der Waals surface area contributed by atoms with Gasteiger partial charge in [-0.25, -0.2) is 4.98 Å². The smallest absolute Gasteiger partial charge is 0.307 e. The number of nitriles is 1. The van der Waals surface area contributed by atoms with Crippen molar-refractivity contribution >= 4 is 29.2 Å². The zero-order chi connectivity index (χ0) is 26.8. The lowest BCUT2D eigenvalue weighted by Gasteiger charge is -2.34. The maximum absolute atomic E-state index is 13.4. The Morgan fingerprint density at radius 2 is 2.00 bits per heavy atom. The van der Waals surface area contributed by atoms with E-state index < -0.39 is 35.4 Å². The summed E-state index contributed by atoms with van der Waals surface area (Å²) in [6, 6.07) is 2.16. The van der Waals surface area contributed by atoms with Crippen molar-refractivity contribution in [3.8, 4) is 6.07 Å². The van der Waals surface area contributed by atoms with E-state index in [2.05, 4.69) is 18.0 Å². The normalized spacial score (nSPS) is 36.5. The number of nitrogens with zero attached hydrogens (tertiary/aromatic N) is 2. The van der Waals surface area contributed by atoms with Gasteiger partial charge in [-0.15, -0.1) is 11.3 Å². The van der Waals surface area contributed by atoms with Crippen LogP contribution in [0.1, 0.15) is 84.3 Å². The van der Waals surface area contributed by atoms with Crippen molar-refractivity contribution in [2.75, 3.05) is 0 Å². The third-order valence-corrected chi connectivity index (χ3v) is 8.92. The van der Waals surface area contributed by atoms with Crippen molar-refractivity contribution < 1.29 is 24.2 Å². The molecule has 0 bridgehead atoms. The van der Waals surface area contributed by atoms with Crippen LogP contribution in [0.2, 0.25) is 0 Å². The molecule has 7 atom stereocenters. The third kappa shape index (κ3) is 6.42. The van der Waals surface area contributed by atoms with E-state index in [0.29, 0.717) is 6.42 Å². The lowest BCUT2D eigenvalue weighted by atomic mass is 9.69. The van der Waals surface area contributed by atoms with Crippen molar-refractivity contribution in [3.63, 3.8) is 0 Å². The summed E-state index contributed by atoms with van der Waals surface area (Å²) in [5.41, 5.74) is 0.270. The minimum Gasteiger partial charge on any atom is -0.458 e. The van der Waals surface area contributed by atoms with E-state index in [9.17, 15) is 20.0 Å². The highest BCUT2D eigenvalue weighted by atomic mass is 32.1. The minimum absolute atomic E-state index is 0.0485. The van der Waals surface area contributed by atoms with Gasteiger partial charge in [0, 0.05) is 23.1 Å². The summed E-state index contributed by atoms with van der Waals surface area (Å²) in [5.74, 6) is -2.32. The molecule has 1 N–H and O–H groups in total. The molecule has 3 heterocycles. The van der Waals surface area contributed by atoms with Crippen LogP contribution in [0.25, 0.3) is 6.08 Å². The molecule has 0 saturated carbocycles. The number of fused-ring (bicyclic) bond motifs is 1. The van der Waals surface area contributed by atoms with Gasteiger partial charge in [0.1, 0.15) is 11.9 Å². The predicted octanol–water partition coefficient (Wildman–Crippen LogP) is 5.26. The first-order valence-corrected chi connectivity index (χ1v) is 13.8. The van der Waals surface area contributed by atoms with Gasteiger partial charge in [0.25, 0.3) is 0 Å². The summed E-state index contributed by atoms with van der Waals surface area (Å²) >= 11 is 1.56. The number of hydrogen-bond donors (Lipinski definition) is 1. The van der Waals surface area contributed by atoms with Gasteiger partial charge in [0.15, 0.2) is 0 Å². The lowest BCUT2D eigenvalue weighted by molar-refractivity contribution is -0.150. The van der Waals surface area contributed by atoms with Crippen molar-refractivity contribution in [1.82, 2.24) is 4.98 Å². The molecular formula is C28H40N2O5S. The van der Waals surface area contributed by atoms with E-state index in [-0.39, 0.29) is 29.8 Å². The largest absolute Gasteiger partial charge is 0.458 e. The number of Topliss-reactive ketones (excluding diaryl/α,β-unsaturated/α-hetero) is 1. The second-order valence-corrected chi connectivity index (χ2v) is 12.5. The first kappa shape index (κ1) is 28.5. The number of aryl methyl sites for hydroxylation is 1. The molecule has 2 fully saturated rings. The third-order valence-electron chi connectivity index (χ3n) is 8.13. The number of rotatable bonds is 2. The molecule has 2 aliphatic heterocycles. The Labute approximate surface area is 218 Å². The summed E-state index contributed by atoms with van der Waals surface area (Å²) in [4.78, 5) is 31.0. The van der Waals surface area contributed by atoms with Crippen LogP contribution in [0.5, 0.6) is 0 Å². The Kier molecular flexibility index (Phi) is 8.80. The topological polar surface area (TPSA) is 113 Å². The number of aliphatic hydroxyl groups is 1. The van der Waals surface area contributed by atoms with Crippen LogP contribution in [0.4, 0.5) is 0 Å². The summed E-state index contributed by atoms with van der Waals surface area (Å²) in [6.07, 6.45) is 3.32. The number of ether oxygens (including phenoxy) is 2. The minimum atomic E-state index is -1.11. The molecule has 2 aliphatic rings. The first-order chi connectivity index (χ1) is 16.8. The number of carbonyl (C=O) groups excluding carboxylic acids is 2. The van der Waals surface area contributed by atoms with Gasteiger partial charge < -0.3 is 14.6 Å². The lowest BCUT2D eigenvalue weighted by Crippen LogP contribution is -2.43. The van der Waals surface area contributed by atoms with Gasteiger partial charge in [-0.2, -0.15) is 5.26 Å². The summed E-state index contributed by atoms with van der Waals surface area (Å²) < 4.78 is 12.0. The molecule has 36 heavy (non-hydrogen) atoms. The fourth-order valence-electron chi connectivity index (χ4n) is 5.29. The number of epoxide rings is 1. The number of ketones is 1. The molecule has 2 saturated heterocycles.